The summed E-state index contributed by atoms with van der Waals surface area (Å²) in [4.78, 5) is 20.8. The number of guanidine groups is 1. The Hall–Kier alpha value is -2.83. The number of aromatic nitrogens is 2. The Morgan fingerprint density at radius 2 is 2.00 bits per heavy atom. The van der Waals surface area contributed by atoms with Gasteiger partial charge in [0.05, 0.1) is 11.9 Å². The third-order valence-electron chi connectivity index (χ3n) is 4.98. The van der Waals surface area contributed by atoms with E-state index in [0.29, 0.717) is 13.1 Å². The molecule has 7 heteroatoms. The van der Waals surface area contributed by atoms with E-state index in [1.807, 2.05) is 24.2 Å². The number of aryl methyl sites for hydroxylation is 1. The maximum atomic E-state index is 12.6. The second-order valence-electron chi connectivity index (χ2n) is 7.49. The Balaban J connectivity index is 1.61. The van der Waals surface area contributed by atoms with Crippen LogP contribution in [0.2, 0.25) is 0 Å². The van der Waals surface area contributed by atoms with E-state index in [4.69, 9.17) is 0 Å². The lowest BCUT2D eigenvalue weighted by Gasteiger charge is -2.36. The van der Waals surface area contributed by atoms with Gasteiger partial charge in [0, 0.05) is 45.3 Å². The van der Waals surface area contributed by atoms with Gasteiger partial charge in [0.25, 0.3) is 0 Å². The van der Waals surface area contributed by atoms with Gasteiger partial charge in [-0.25, -0.2) is 0 Å². The van der Waals surface area contributed by atoms with Crippen LogP contribution in [0.3, 0.4) is 0 Å². The van der Waals surface area contributed by atoms with Crippen LogP contribution in [0.1, 0.15) is 19.4 Å². The molecule has 3 rings (SSSR count). The van der Waals surface area contributed by atoms with Crippen molar-refractivity contribution in [2.75, 3.05) is 38.1 Å². The van der Waals surface area contributed by atoms with Gasteiger partial charge in [-0.3, -0.25) is 14.5 Å². The molecule has 1 aromatic carbocycles. The third kappa shape index (κ3) is 4.30. The van der Waals surface area contributed by atoms with Crippen molar-refractivity contribution in [2.45, 2.75) is 19.3 Å². The van der Waals surface area contributed by atoms with Crippen molar-refractivity contribution in [3.63, 3.8) is 0 Å². The molecule has 0 radical (unpaired) electrons. The zero-order chi connectivity index (χ0) is 19.4. The summed E-state index contributed by atoms with van der Waals surface area (Å²) in [5.74, 6) is 0.817. The number of hydrogen-bond acceptors (Lipinski definition) is 3. The van der Waals surface area contributed by atoms with Crippen LogP contribution >= 0.6 is 0 Å². The van der Waals surface area contributed by atoms with Gasteiger partial charge in [-0.2, -0.15) is 5.10 Å². The van der Waals surface area contributed by atoms with Crippen molar-refractivity contribution >= 4 is 17.6 Å². The normalized spacial score (nSPS) is 16.0. The lowest BCUT2D eigenvalue weighted by Crippen LogP contribution is -2.56. The molecule has 0 saturated carbocycles. The van der Waals surface area contributed by atoms with E-state index in [0.717, 1.165) is 24.7 Å². The molecular formula is C20H28N6O. The fraction of sp³-hybridized carbons (Fsp3) is 0.450. The quantitative estimate of drug-likeness (QED) is 0.658. The number of nitrogens with zero attached hydrogens (tertiary/aromatic N) is 5. The van der Waals surface area contributed by atoms with E-state index in [2.05, 4.69) is 53.5 Å². The Bertz CT molecular complexity index is 811. The molecule has 0 bridgehead atoms. The first kappa shape index (κ1) is 18.9. The molecule has 1 N–H and O–H groups in total. The van der Waals surface area contributed by atoms with Gasteiger partial charge in [-0.1, -0.05) is 44.2 Å². The first-order chi connectivity index (χ1) is 12.9. The lowest BCUT2D eigenvalue weighted by molar-refractivity contribution is -0.120. The number of piperazine rings is 1. The van der Waals surface area contributed by atoms with Gasteiger partial charge in [0.1, 0.15) is 6.54 Å². The molecule has 1 aromatic heterocycles. The van der Waals surface area contributed by atoms with Crippen molar-refractivity contribution in [2.24, 2.45) is 12.0 Å². The molecule has 0 aliphatic carbocycles. The number of rotatable bonds is 4. The largest absolute Gasteiger partial charge is 0.355 e. The Morgan fingerprint density at radius 1 is 1.26 bits per heavy atom. The van der Waals surface area contributed by atoms with Gasteiger partial charge >= 0.3 is 0 Å². The summed E-state index contributed by atoms with van der Waals surface area (Å²) in [5.41, 5.74) is 2.07. The monoisotopic (exact) mass is 368 g/mol. The highest BCUT2D eigenvalue weighted by Crippen LogP contribution is 2.22. The molecule has 2 heterocycles. The first-order valence-electron chi connectivity index (χ1n) is 9.21. The molecule has 0 atom stereocenters. The summed E-state index contributed by atoms with van der Waals surface area (Å²) < 4.78 is 1.71. The van der Waals surface area contributed by atoms with Crippen LogP contribution in [0.25, 0.3) is 0 Å². The topological polar surface area (TPSA) is 65.8 Å². The van der Waals surface area contributed by atoms with Crippen molar-refractivity contribution in [3.8, 4) is 0 Å². The summed E-state index contributed by atoms with van der Waals surface area (Å²) in [6, 6.07) is 10.4. The summed E-state index contributed by atoms with van der Waals surface area (Å²) in [6.07, 6.45) is 3.59. The van der Waals surface area contributed by atoms with Crippen molar-refractivity contribution in [1.82, 2.24) is 20.0 Å². The summed E-state index contributed by atoms with van der Waals surface area (Å²) in [7, 11) is 3.61. The smallest absolute Gasteiger partial charge is 0.246 e. The summed E-state index contributed by atoms with van der Waals surface area (Å²) in [5, 5.41) is 7.60. The Morgan fingerprint density at radius 3 is 2.59 bits per heavy atom. The number of aliphatic imine (C=N–C) groups is 1. The molecule has 1 aliphatic heterocycles. The molecule has 0 unspecified atom stereocenters. The highest BCUT2D eigenvalue weighted by Gasteiger charge is 2.28. The SMILES string of the molecule is CN=C(NCC(C)(C)c1ccccc1)N1CCN(c2cnn(C)c2)C(=O)C1. The fourth-order valence-electron chi connectivity index (χ4n) is 3.30. The minimum atomic E-state index is -0.0429. The highest BCUT2D eigenvalue weighted by atomic mass is 16.2. The van der Waals surface area contributed by atoms with Gasteiger partial charge in [0.2, 0.25) is 5.91 Å². The number of amides is 1. The molecule has 1 aliphatic rings. The second kappa shape index (κ2) is 7.82. The van der Waals surface area contributed by atoms with Gasteiger partial charge in [-0.05, 0) is 5.56 Å². The molecule has 1 fully saturated rings. The predicted molar refractivity (Wildman–Crippen MR) is 108 cm³/mol. The maximum absolute atomic E-state index is 12.6. The molecule has 144 valence electrons. The highest BCUT2D eigenvalue weighted by molar-refractivity contribution is 5.98. The van der Waals surface area contributed by atoms with E-state index < -0.39 is 0 Å². The third-order valence-corrected chi connectivity index (χ3v) is 4.98. The number of carbonyl (C=O) groups excluding carboxylic acids is 1. The van der Waals surface area contributed by atoms with E-state index in [1.165, 1.54) is 5.56 Å². The maximum Gasteiger partial charge on any atom is 0.246 e. The van der Waals surface area contributed by atoms with Crippen LogP contribution in [0.4, 0.5) is 5.69 Å². The summed E-state index contributed by atoms with van der Waals surface area (Å²) in [6.45, 7) is 6.79. The van der Waals surface area contributed by atoms with Crippen LogP contribution in [0.15, 0.2) is 47.7 Å². The lowest BCUT2D eigenvalue weighted by atomic mass is 9.85. The number of nitrogens with one attached hydrogen (secondary N) is 1. The van der Waals surface area contributed by atoms with E-state index in [1.54, 1.807) is 22.8 Å². The molecule has 27 heavy (non-hydrogen) atoms. The zero-order valence-electron chi connectivity index (χ0n) is 16.5. The van der Waals surface area contributed by atoms with E-state index >= 15 is 0 Å². The van der Waals surface area contributed by atoms with Crippen LogP contribution in [-0.2, 0) is 17.3 Å². The Kier molecular flexibility index (Phi) is 5.48. The van der Waals surface area contributed by atoms with Crippen LogP contribution in [-0.4, -0.2) is 59.8 Å². The molecule has 2 aromatic rings. The van der Waals surface area contributed by atoms with Crippen molar-refractivity contribution < 1.29 is 4.79 Å². The van der Waals surface area contributed by atoms with Crippen LogP contribution in [0, 0.1) is 0 Å². The van der Waals surface area contributed by atoms with E-state index in [-0.39, 0.29) is 11.3 Å². The van der Waals surface area contributed by atoms with Crippen LogP contribution in [0.5, 0.6) is 0 Å². The standard InChI is InChI=1S/C20H28N6O/c1-20(2,16-8-6-5-7-9-16)15-22-19(21-3)25-10-11-26(18(27)14-25)17-12-23-24(4)13-17/h5-9,12-13H,10-11,14-15H2,1-4H3,(H,21,22). The predicted octanol–water partition coefficient (Wildman–Crippen LogP) is 1.62. The number of hydrogen-bond donors (Lipinski definition) is 1. The zero-order valence-corrected chi connectivity index (χ0v) is 16.5. The number of anilines is 1. The molecule has 1 amide bonds. The molecule has 7 nitrogen and oxygen atoms in total. The van der Waals surface area contributed by atoms with Gasteiger partial charge in [-0.15, -0.1) is 0 Å². The molecular weight excluding hydrogens is 340 g/mol. The first-order valence-corrected chi connectivity index (χ1v) is 9.21. The van der Waals surface area contributed by atoms with E-state index in [9.17, 15) is 4.79 Å². The average molecular weight is 368 g/mol. The minimum absolute atomic E-state index is 0.0429. The molecule has 0 spiro atoms. The fourth-order valence-corrected chi connectivity index (χ4v) is 3.30. The number of benzene rings is 1. The van der Waals surface area contributed by atoms with Crippen molar-refractivity contribution in [1.29, 1.82) is 0 Å². The van der Waals surface area contributed by atoms with Gasteiger partial charge in [0.15, 0.2) is 5.96 Å². The second-order valence-corrected chi connectivity index (χ2v) is 7.49. The van der Waals surface area contributed by atoms with Gasteiger partial charge < -0.3 is 15.1 Å². The number of carbonyl (C=O) groups is 1. The van der Waals surface area contributed by atoms with Crippen LogP contribution < -0.4 is 10.2 Å². The Labute approximate surface area is 160 Å². The average Bonchev–Trinajstić information content (AvgIpc) is 3.09. The minimum Gasteiger partial charge on any atom is -0.355 e. The van der Waals surface area contributed by atoms with Crippen molar-refractivity contribution in [3.05, 3.63) is 48.3 Å². The summed E-state index contributed by atoms with van der Waals surface area (Å²) >= 11 is 0. The molecule has 1 saturated heterocycles.